The summed E-state index contributed by atoms with van der Waals surface area (Å²) in [6.45, 7) is 4.51. The number of fused-ring (bicyclic) bond motifs is 3. The zero-order chi connectivity index (χ0) is 20.2. The van der Waals surface area contributed by atoms with Crippen LogP contribution in [0.1, 0.15) is 54.5 Å². The standard InChI is InChI=1S/C23H27N3O3/c1-14-7-8-16(29-14)12-24-21(28)18-11-15-9-10-22(18,2)13-23(15)25-19-6-4-3-5-17(19)20(27)26-23/h3-8,15,18,25H,9-13H2,1-2H3,(H,24,28)(H,26,27)/t15-,18+,22+,23-/m0/s1. The molecule has 4 aliphatic rings. The highest BCUT2D eigenvalue weighted by Crippen LogP contribution is 2.58. The van der Waals surface area contributed by atoms with Crippen LogP contribution in [0.3, 0.4) is 0 Å². The number of benzene rings is 1. The fourth-order valence-electron chi connectivity index (χ4n) is 5.73. The quantitative estimate of drug-likeness (QED) is 0.744. The Hall–Kier alpha value is -2.76. The monoisotopic (exact) mass is 393 g/mol. The summed E-state index contributed by atoms with van der Waals surface area (Å²) in [6.07, 6.45) is 3.53. The number of aryl methyl sites for hydroxylation is 1. The fourth-order valence-corrected chi connectivity index (χ4v) is 5.73. The zero-order valence-corrected chi connectivity index (χ0v) is 16.9. The molecule has 2 aromatic rings. The van der Waals surface area contributed by atoms with E-state index in [1.807, 2.05) is 43.3 Å². The molecule has 29 heavy (non-hydrogen) atoms. The van der Waals surface area contributed by atoms with E-state index in [9.17, 15) is 9.59 Å². The van der Waals surface area contributed by atoms with Gasteiger partial charge in [-0.3, -0.25) is 9.59 Å². The van der Waals surface area contributed by atoms with Crippen LogP contribution in [0, 0.1) is 24.2 Å². The van der Waals surface area contributed by atoms with E-state index in [1.54, 1.807) is 0 Å². The third-order valence-corrected chi connectivity index (χ3v) is 7.22. The Balaban J connectivity index is 1.35. The highest BCUT2D eigenvalue weighted by Gasteiger charge is 2.60. The first-order chi connectivity index (χ1) is 13.9. The lowest BCUT2D eigenvalue weighted by molar-refractivity contribution is -0.139. The highest BCUT2D eigenvalue weighted by atomic mass is 16.3. The van der Waals surface area contributed by atoms with E-state index in [-0.39, 0.29) is 29.1 Å². The zero-order valence-electron chi connectivity index (χ0n) is 16.9. The lowest BCUT2D eigenvalue weighted by Gasteiger charge is -2.60. The number of carbonyl (C=O) groups is 2. The van der Waals surface area contributed by atoms with Gasteiger partial charge in [-0.2, -0.15) is 0 Å². The van der Waals surface area contributed by atoms with Crippen LogP contribution in [-0.4, -0.2) is 17.5 Å². The second-order valence-corrected chi connectivity index (χ2v) is 9.18. The van der Waals surface area contributed by atoms with Gasteiger partial charge >= 0.3 is 0 Å². The number of hydrogen-bond donors (Lipinski definition) is 3. The molecule has 0 saturated heterocycles. The molecular formula is C23H27N3O3. The van der Waals surface area contributed by atoms with Crippen molar-refractivity contribution < 1.29 is 14.0 Å². The maximum atomic E-state index is 13.0. The van der Waals surface area contributed by atoms with Crippen molar-refractivity contribution in [3.8, 4) is 0 Å². The van der Waals surface area contributed by atoms with Crippen LogP contribution < -0.4 is 16.0 Å². The first-order valence-electron chi connectivity index (χ1n) is 10.4. The van der Waals surface area contributed by atoms with Crippen molar-refractivity contribution in [3.63, 3.8) is 0 Å². The van der Waals surface area contributed by atoms with Gasteiger partial charge in [0.15, 0.2) is 0 Å². The second kappa shape index (κ2) is 6.37. The van der Waals surface area contributed by atoms with Crippen molar-refractivity contribution in [2.45, 2.75) is 51.7 Å². The van der Waals surface area contributed by atoms with E-state index in [1.165, 1.54) is 0 Å². The van der Waals surface area contributed by atoms with Crippen LogP contribution in [0.5, 0.6) is 0 Å². The number of carbonyl (C=O) groups excluding carboxylic acids is 2. The Morgan fingerprint density at radius 3 is 2.83 bits per heavy atom. The van der Waals surface area contributed by atoms with Crippen LogP contribution in [0.25, 0.3) is 0 Å². The molecule has 3 N–H and O–H groups in total. The minimum absolute atomic E-state index is 0.0234. The average molecular weight is 393 g/mol. The van der Waals surface area contributed by atoms with Crippen LogP contribution in [0.4, 0.5) is 5.69 Å². The van der Waals surface area contributed by atoms with Gasteiger partial charge in [0.1, 0.15) is 17.2 Å². The molecule has 2 bridgehead atoms. The highest BCUT2D eigenvalue weighted by molar-refractivity contribution is 6.02. The SMILES string of the molecule is Cc1ccc(CNC(=O)[C@H]2C[C@@H]3CC[C@]2(C)C[C@]32NC(=O)c3ccccc3N2)o1. The van der Waals surface area contributed by atoms with Gasteiger partial charge in [0.25, 0.3) is 5.91 Å². The number of hydrogen-bond acceptors (Lipinski definition) is 4. The predicted molar refractivity (Wildman–Crippen MR) is 109 cm³/mol. The van der Waals surface area contributed by atoms with Gasteiger partial charge in [0.05, 0.1) is 12.1 Å². The van der Waals surface area contributed by atoms with Gasteiger partial charge in [0, 0.05) is 17.5 Å². The molecule has 6 heteroatoms. The molecule has 6 nitrogen and oxygen atoms in total. The first-order valence-corrected chi connectivity index (χ1v) is 10.4. The van der Waals surface area contributed by atoms with E-state index < -0.39 is 5.66 Å². The summed E-state index contributed by atoms with van der Waals surface area (Å²) in [5.74, 6) is 1.85. The van der Waals surface area contributed by atoms with Gasteiger partial charge in [-0.1, -0.05) is 19.1 Å². The van der Waals surface area contributed by atoms with Gasteiger partial charge in [-0.25, -0.2) is 0 Å². The molecule has 3 aliphatic carbocycles. The number of anilines is 1. The lowest BCUT2D eigenvalue weighted by atomic mass is 9.51. The summed E-state index contributed by atoms with van der Waals surface area (Å²) in [5, 5.41) is 9.98. The smallest absolute Gasteiger partial charge is 0.255 e. The van der Waals surface area contributed by atoms with Crippen LogP contribution in [0.15, 0.2) is 40.8 Å². The van der Waals surface area contributed by atoms with E-state index in [0.29, 0.717) is 12.1 Å². The molecule has 0 radical (unpaired) electrons. The molecule has 0 unspecified atom stereocenters. The minimum atomic E-state index is -0.465. The Morgan fingerprint density at radius 2 is 2.07 bits per heavy atom. The van der Waals surface area contributed by atoms with Gasteiger partial charge in [-0.05, 0) is 62.3 Å². The third kappa shape index (κ3) is 2.93. The Kier molecular flexibility index (Phi) is 4.02. The fraction of sp³-hybridized carbons (Fsp3) is 0.478. The number of para-hydroxylation sites is 1. The Labute approximate surface area is 170 Å². The molecule has 6 rings (SSSR count). The van der Waals surface area contributed by atoms with Crippen molar-refractivity contribution in [1.29, 1.82) is 0 Å². The topological polar surface area (TPSA) is 83.4 Å². The van der Waals surface area contributed by atoms with Crippen LogP contribution in [0.2, 0.25) is 0 Å². The molecular weight excluding hydrogens is 366 g/mol. The molecule has 1 aliphatic heterocycles. The van der Waals surface area contributed by atoms with E-state index in [0.717, 1.165) is 42.9 Å². The summed E-state index contributed by atoms with van der Waals surface area (Å²) in [7, 11) is 0. The molecule has 1 aromatic heterocycles. The maximum Gasteiger partial charge on any atom is 0.255 e. The van der Waals surface area contributed by atoms with Gasteiger partial charge in [0.2, 0.25) is 5.91 Å². The largest absolute Gasteiger partial charge is 0.465 e. The van der Waals surface area contributed by atoms with E-state index in [4.69, 9.17) is 4.42 Å². The van der Waals surface area contributed by atoms with E-state index in [2.05, 4.69) is 22.9 Å². The molecule has 3 saturated carbocycles. The first kappa shape index (κ1) is 18.3. The minimum Gasteiger partial charge on any atom is -0.465 e. The summed E-state index contributed by atoms with van der Waals surface area (Å²) in [6, 6.07) is 11.5. The Bertz CT molecular complexity index is 983. The number of nitrogens with one attached hydrogen (secondary N) is 3. The number of amides is 2. The molecule has 3 fully saturated rings. The van der Waals surface area contributed by atoms with Crippen LogP contribution >= 0.6 is 0 Å². The molecule has 152 valence electrons. The molecule has 1 spiro atoms. The Morgan fingerprint density at radius 1 is 1.24 bits per heavy atom. The van der Waals surface area contributed by atoms with Crippen molar-refractivity contribution in [2.75, 3.05) is 5.32 Å². The van der Waals surface area contributed by atoms with Gasteiger partial charge in [-0.15, -0.1) is 0 Å². The average Bonchev–Trinajstić information content (AvgIpc) is 3.11. The van der Waals surface area contributed by atoms with Gasteiger partial charge < -0.3 is 20.4 Å². The van der Waals surface area contributed by atoms with Crippen molar-refractivity contribution in [1.82, 2.24) is 10.6 Å². The summed E-state index contributed by atoms with van der Waals surface area (Å²) < 4.78 is 5.57. The molecule has 1 aromatic carbocycles. The summed E-state index contributed by atoms with van der Waals surface area (Å²) >= 11 is 0. The summed E-state index contributed by atoms with van der Waals surface area (Å²) in [5.41, 5.74) is 0.951. The molecule has 2 heterocycles. The number of furan rings is 1. The van der Waals surface area contributed by atoms with Crippen molar-refractivity contribution in [3.05, 3.63) is 53.5 Å². The molecule has 2 amide bonds. The van der Waals surface area contributed by atoms with Crippen LogP contribution in [-0.2, 0) is 11.3 Å². The van der Waals surface area contributed by atoms with Crippen molar-refractivity contribution >= 4 is 17.5 Å². The predicted octanol–water partition coefficient (Wildman–Crippen LogP) is 3.58. The summed E-state index contributed by atoms with van der Waals surface area (Å²) in [4.78, 5) is 25.8. The van der Waals surface area contributed by atoms with E-state index >= 15 is 0 Å². The second-order valence-electron chi connectivity index (χ2n) is 9.18. The normalized spacial score (nSPS) is 32.4. The number of rotatable bonds is 3. The van der Waals surface area contributed by atoms with Crippen molar-refractivity contribution in [2.24, 2.45) is 17.3 Å². The third-order valence-electron chi connectivity index (χ3n) is 7.22. The lowest BCUT2D eigenvalue weighted by Crippen LogP contribution is -2.70. The molecule has 4 atom stereocenters. The maximum absolute atomic E-state index is 13.0.